The molecule has 3 aromatic rings. The van der Waals surface area contributed by atoms with E-state index in [1.165, 1.54) is 12.1 Å². The van der Waals surface area contributed by atoms with Crippen LogP contribution in [0.1, 0.15) is 11.1 Å². The fourth-order valence-corrected chi connectivity index (χ4v) is 3.30. The standard InChI is InChI=1S/C17H15BrN2O4S/c18-13-3-6-16-15(8-13)12(10-24-16)7-17(21)20-9-11-1-4-14(5-2-11)25(19,22)23/h1-6,8,10H,7,9H2,(H,20,21)(H2,19,22,23). The Kier molecular flexibility index (Phi) is 4.94. The summed E-state index contributed by atoms with van der Waals surface area (Å²) < 4.78 is 28.8. The van der Waals surface area contributed by atoms with Crippen molar-refractivity contribution in [2.24, 2.45) is 5.14 Å². The molecule has 0 aliphatic carbocycles. The van der Waals surface area contributed by atoms with E-state index >= 15 is 0 Å². The highest BCUT2D eigenvalue weighted by Gasteiger charge is 2.11. The number of fused-ring (bicyclic) bond motifs is 1. The van der Waals surface area contributed by atoms with E-state index < -0.39 is 10.0 Å². The van der Waals surface area contributed by atoms with Crippen molar-refractivity contribution in [2.45, 2.75) is 17.9 Å². The lowest BCUT2D eigenvalue weighted by Gasteiger charge is -2.06. The van der Waals surface area contributed by atoms with Gasteiger partial charge in [-0.15, -0.1) is 0 Å². The van der Waals surface area contributed by atoms with Gasteiger partial charge in [0.05, 0.1) is 17.6 Å². The van der Waals surface area contributed by atoms with Gasteiger partial charge in [-0.3, -0.25) is 4.79 Å². The number of nitrogens with two attached hydrogens (primary N) is 1. The molecule has 0 saturated heterocycles. The molecule has 0 aliphatic heterocycles. The van der Waals surface area contributed by atoms with Crippen molar-refractivity contribution in [3.8, 4) is 0 Å². The molecule has 130 valence electrons. The van der Waals surface area contributed by atoms with Crippen LogP contribution < -0.4 is 10.5 Å². The first-order valence-corrected chi connectivity index (χ1v) is 9.71. The summed E-state index contributed by atoms with van der Waals surface area (Å²) in [6.07, 6.45) is 1.77. The van der Waals surface area contributed by atoms with E-state index in [0.717, 1.165) is 26.6 Å². The number of carbonyl (C=O) groups excluding carboxylic acids is 1. The van der Waals surface area contributed by atoms with Crippen molar-refractivity contribution >= 4 is 42.8 Å². The topological polar surface area (TPSA) is 102 Å². The monoisotopic (exact) mass is 422 g/mol. The van der Waals surface area contributed by atoms with E-state index in [9.17, 15) is 13.2 Å². The molecule has 2 aromatic carbocycles. The Balaban J connectivity index is 1.63. The van der Waals surface area contributed by atoms with E-state index in [2.05, 4.69) is 21.2 Å². The van der Waals surface area contributed by atoms with E-state index in [-0.39, 0.29) is 17.2 Å². The fraction of sp³-hybridized carbons (Fsp3) is 0.118. The minimum atomic E-state index is -3.71. The number of furan rings is 1. The van der Waals surface area contributed by atoms with Crippen molar-refractivity contribution in [3.05, 3.63) is 64.3 Å². The molecule has 6 nitrogen and oxygen atoms in total. The predicted octanol–water partition coefficient (Wildman–Crippen LogP) is 2.70. The number of benzene rings is 2. The summed E-state index contributed by atoms with van der Waals surface area (Å²) in [6.45, 7) is 0.295. The van der Waals surface area contributed by atoms with Crippen LogP contribution in [0.5, 0.6) is 0 Å². The van der Waals surface area contributed by atoms with E-state index in [0.29, 0.717) is 6.54 Å². The molecule has 0 saturated carbocycles. The van der Waals surface area contributed by atoms with Gasteiger partial charge in [-0.2, -0.15) is 0 Å². The van der Waals surface area contributed by atoms with Gasteiger partial charge in [0.2, 0.25) is 15.9 Å². The Morgan fingerprint density at radius 3 is 2.56 bits per heavy atom. The first-order chi connectivity index (χ1) is 11.8. The van der Waals surface area contributed by atoms with Gasteiger partial charge in [0.15, 0.2) is 0 Å². The fourth-order valence-electron chi connectivity index (χ4n) is 2.42. The zero-order valence-electron chi connectivity index (χ0n) is 13.0. The summed E-state index contributed by atoms with van der Waals surface area (Å²) in [5.41, 5.74) is 2.31. The zero-order chi connectivity index (χ0) is 18.0. The lowest BCUT2D eigenvalue weighted by molar-refractivity contribution is -0.120. The Hall–Kier alpha value is -2.16. The van der Waals surface area contributed by atoms with Gasteiger partial charge in [0.1, 0.15) is 5.58 Å². The SMILES string of the molecule is NS(=O)(=O)c1ccc(CNC(=O)Cc2coc3ccc(Br)cc23)cc1. The molecule has 0 atom stereocenters. The molecular weight excluding hydrogens is 408 g/mol. The van der Waals surface area contributed by atoms with Gasteiger partial charge < -0.3 is 9.73 Å². The summed E-state index contributed by atoms with van der Waals surface area (Å²) in [7, 11) is -3.71. The highest BCUT2D eigenvalue weighted by Crippen LogP contribution is 2.25. The van der Waals surface area contributed by atoms with Gasteiger partial charge in [-0.1, -0.05) is 28.1 Å². The van der Waals surface area contributed by atoms with Gasteiger partial charge in [-0.05, 0) is 35.9 Å². The molecule has 0 bridgehead atoms. The van der Waals surface area contributed by atoms with Crippen LogP contribution in [0, 0.1) is 0 Å². The molecule has 8 heteroatoms. The first kappa shape index (κ1) is 17.7. The second-order valence-electron chi connectivity index (χ2n) is 5.54. The summed E-state index contributed by atoms with van der Waals surface area (Å²) >= 11 is 3.40. The van der Waals surface area contributed by atoms with Crippen LogP contribution in [0.15, 0.2) is 62.5 Å². The van der Waals surface area contributed by atoms with Gasteiger partial charge >= 0.3 is 0 Å². The number of sulfonamides is 1. The minimum absolute atomic E-state index is 0.0398. The molecule has 25 heavy (non-hydrogen) atoms. The van der Waals surface area contributed by atoms with E-state index in [1.807, 2.05) is 18.2 Å². The van der Waals surface area contributed by atoms with Crippen molar-refractivity contribution in [3.63, 3.8) is 0 Å². The van der Waals surface area contributed by atoms with Crippen LogP contribution in [0.25, 0.3) is 11.0 Å². The molecule has 3 rings (SSSR count). The minimum Gasteiger partial charge on any atom is -0.464 e. The Morgan fingerprint density at radius 1 is 1.16 bits per heavy atom. The molecule has 1 aromatic heterocycles. The van der Waals surface area contributed by atoms with Crippen molar-refractivity contribution in [2.75, 3.05) is 0 Å². The third-order valence-electron chi connectivity index (χ3n) is 3.71. The zero-order valence-corrected chi connectivity index (χ0v) is 15.4. The number of hydrogen-bond acceptors (Lipinski definition) is 4. The third kappa shape index (κ3) is 4.28. The number of amides is 1. The van der Waals surface area contributed by atoms with Crippen LogP contribution in [0.2, 0.25) is 0 Å². The maximum atomic E-state index is 12.2. The predicted molar refractivity (Wildman–Crippen MR) is 97.3 cm³/mol. The average molecular weight is 423 g/mol. The van der Waals surface area contributed by atoms with Crippen LogP contribution in [-0.2, 0) is 27.8 Å². The largest absolute Gasteiger partial charge is 0.464 e. The molecule has 0 unspecified atom stereocenters. The van der Waals surface area contributed by atoms with E-state index in [1.54, 1.807) is 18.4 Å². The normalized spacial score (nSPS) is 11.6. The van der Waals surface area contributed by atoms with Gasteiger partial charge in [0.25, 0.3) is 0 Å². The highest BCUT2D eigenvalue weighted by molar-refractivity contribution is 9.10. The maximum Gasteiger partial charge on any atom is 0.238 e. The van der Waals surface area contributed by atoms with Crippen LogP contribution in [0.4, 0.5) is 0 Å². The number of rotatable bonds is 5. The second kappa shape index (κ2) is 6.99. The van der Waals surface area contributed by atoms with Gasteiger partial charge in [0, 0.05) is 22.0 Å². The van der Waals surface area contributed by atoms with Crippen molar-refractivity contribution in [1.29, 1.82) is 0 Å². The summed E-state index contributed by atoms with van der Waals surface area (Å²) in [4.78, 5) is 12.2. The van der Waals surface area contributed by atoms with Crippen molar-refractivity contribution < 1.29 is 17.6 Å². The number of halogens is 1. The number of hydrogen-bond donors (Lipinski definition) is 2. The quantitative estimate of drug-likeness (QED) is 0.659. The second-order valence-corrected chi connectivity index (χ2v) is 8.02. The number of nitrogens with one attached hydrogen (secondary N) is 1. The smallest absolute Gasteiger partial charge is 0.238 e. The first-order valence-electron chi connectivity index (χ1n) is 7.37. The molecule has 0 spiro atoms. The highest BCUT2D eigenvalue weighted by atomic mass is 79.9. The number of carbonyl (C=O) groups is 1. The van der Waals surface area contributed by atoms with Crippen LogP contribution in [-0.4, -0.2) is 14.3 Å². The molecule has 1 heterocycles. The lowest BCUT2D eigenvalue weighted by Crippen LogP contribution is -2.24. The third-order valence-corrected chi connectivity index (χ3v) is 5.13. The Labute approximate surface area is 153 Å². The summed E-state index contributed by atoms with van der Waals surface area (Å²) in [6, 6.07) is 11.7. The molecule has 0 radical (unpaired) electrons. The molecule has 0 fully saturated rings. The molecular formula is C17H15BrN2O4S. The van der Waals surface area contributed by atoms with Gasteiger partial charge in [-0.25, -0.2) is 13.6 Å². The van der Waals surface area contributed by atoms with Crippen molar-refractivity contribution in [1.82, 2.24) is 5.32 Å². The van der Waals surface area contributed by atoms with E-state index in [4.69, 9.17) is 9.56 Å². The molecule has 0 aliphatic rings. The van der Waals surface area contributed by atoms with Crippen LogP contribution in [0.3, 0.4) is 0 Å². The maximum absolute atomic E-state index is 12.2. The Morgan fingerprint density at radius 2 is 1.88 bits per heavy atom. The number of primary sulfonamides is 1. The van der Waals surface area contributed by atoms with Crippen LogP contribution >= 0.6 is 15.9 Å². The molecule has 1 amide bonds. The average Bonchev–Trinajstić information content (AvgIpc) is 2.95. The Bertz CT molecular complexity index is 1030. The summed E-state index contributed by atoms with van der Waals surface area (Å²) in [5, 5.41) is 8.74. The lowest BCUT2D eigenvalue weighted by atomic mass is 10.1. The molecule has 3 N–H and O–H groups in total. The summed E-state index contributed by atoms with van der Waals surface area (Å²) in [5.74, 6) is -0.154.